The molecule has 4 rings (SSSR count). The van der Waals surface area contributed by atoms with E-state index in [1.807, 2.05) is 31.2 Å². The predicted molar refractivity (Wildman–Crippen MR) is 130 cm³/mol. The SMILES string of the molecule is C=CC(=O)N1Cc2sc(C)cc2[C@H](c2ccccc2-c2cn(C(C)CO)nc2C(F)(F)P)C1. The average molecular weight is 490 g/mol. The summed E-state index contributed by atoms with van der Waals surface area (Å²) in [6.07, 6.45) is 2.88. The van der Waals surface area contributed by atoms with Gasteiger partial charge in [-0.05, 0) is 42.7 Å². The second-order valence-electron chi connectivity index (χ2n) is 8.32. The van der Waals surface area contributed by atoms with Gasteiger partial charge in [0.2, 0.25) is 5.91 Å². The molecule has 0 saturated carbocycles. The molecular formula is C24H26F2N3O2PS. The molecule has 0 saturated heterocycles. The van der Waals surface area contributed by atoms with E-state index in [-0.39, 0.29) is 24.1 Å². The number of aryl methyl sites for hydroxylation is 1. The minimum atomic E-state index is -3.25. The van der Waals surface area contributed by atoms with Crippen molar-refractivity contribution in [2.75, 3.05) is 13.2 Å². The van der Waals surface area contributed by atoms with Crippen LogP contribution in [-0.4, -0.2) is 38.8 Å². The molecule has 0 spiro atoms. The summed E-state index contributed by atoms with van der Waals surface area (Å²) in [6, 6.07) is 9.11. The molecule has 1 aromatic carbocycles. The molecule has 0 radical (unpaired) electrons. The number of fused-ring (bicyclic) bond motifs is 1. The van der Waals surface area contributed by atoms with E-state index < -0.39 is 11.7 Å². The third kappa shape index (κ3) is 4.52. The summed E-state index contributed by atoms with van der Waals surface area (Å²) in [6.45, 7) is 8.09. The zero-order chi connectivity index (χ0) is 23.9. The predicted octanol–water partition coefficient (Wildman–Crippen LogP) is 5.06. The van der Waals surface area contributed by atoms with Crippen molar-refractivity contribution in [3.8, 4) is 11.1 Å². The van der Waals surface area contributed by atoms with Crippen LogP contribution in [-0.2, 0) is 17.0 Å². The van der Waals surface area contributed by atoms with E-state index in [2.05, 4.69) is 17.7 Å². The molecule has 5 nitrogen and oxygen atoms in total. The van der Waals surface area contributed by atoms with Crippen LogP contribution in [0.4, 0.5) is 8.78 Å². The second kappa shape index (κ2) is 9.09. The van der Waals surface area contributed by atoms with Crippen LogP contribution in [0.1, 0.15) is 45.5 Å². The highest BCUT2D eigenvalue weighted by atomic mass is 32.1. The molecule has 0 bridgehead atoms. The van der Waals surface area contributed by atoms with Gasteiger partial charge in [0, 0.05) is 34.0 Å². The Hall–Kier alpha value is -2.41. The van der Waals surface area contributed by atoms with E-state index in [9.17, 15) is 18.7 Å². The van der Waals surface area contributed by atoms with Crippen LogP contribution in [0, 0.1) is 6.92 Å². The topological polar surface area (TPSA) is 58.4 Å². The molecule has 33 heavy (non-hydrogen) atoms. The first-order chi connectivity index (χ1) is 15.6. The number of rotatable bonds is 6. The number of carbonyl (C=O) groups is 1. The number of hydrogen-bond acceptors (Lipinski definition) is 4. The Bertz CT molecular complexity index is 1200. The molecule has 9 heteroatoms. The van der Waals surface area contributed by atoms with Crippen LogP contribution < -0.4 is 0 Å². The van der Waals surface area contributed by atoms with Gasteiger partial charge in [-0.2, -0.15) is 13.9 Å². The van der Waals surface area contributed by atoms with Gasteiger partial charge in [0.15, 0.2) is 0 Å². The minimum Gasteiger partial charge on any atom is -0.394 e. The van der Waals surface area contributed by atoms with Crippen molar-refractivity contribution < 1.29 is 18.7 Å². The van der Waals surface area contributed by atoms with Crippen molar-refractivity contribution in [3.63, 3.8) is 0 Å². The number of aromatic nitrogens is 2. The monoisotopic (exact) mass is 489 g/mol. The Morgan fingerprint density at radius 3 is 2.79 bits per heavy atom. The number of aliphatic hydroxyl groups is 1. The Morgan fingerprint density at radius 2 is 2.12 bits per heavy atom. The zero-order valence-electron chi connectivity index (χ0n) is 18.5. The van der Waals surface area contributed by atoms with Crippen LogP contribution in [0.25, 0.3) is 11.1 Å². The summed E-state index contributed by atoms with van der Waals surface area (Å²) in [5, 5.41) is 13.7. The summed E-state index contributed by atoms with van der Waals surface area (Å²) >= 11 is 1.64. The smallest absolute Gasteiger partial charge is 0.302 e. The number of hydrogen-bond donors (Lipinski definition) is 1. The molecule has 174 valence electrons. The first-order valence-corrected chi connectivity index (χ1v) is 12.0. The number of carbonyl (C=O) groups excluding carboxylic acids is 1. The minimum absolute atomic E-state index is 0.157. The van der Waals surface area contributed by atoms with Crippen LogP contribution in [0.5, 0.6) is 0 Å². The van der Waals surface area contributed by atoms with E-state index >= 15 is 0 Å². The molecule has 0 aliphatic carbocycles. The number of halogens is 2. The maximum atomic E-state index is 14.6. The lowest BCUT2D eigenvalue weighted by atomic mass is 9.83. The zero-order valence-corrected chi connectivity index (χ0v) is 20.4. The average Bonchev–Trinajstić information content (AvgIpc) is 3.40. The quantitative estimate of drug-likeness (QED) is 0.389. The lowest BCUT2D eigenvalue weighted by Crippen LogP contribution is -2.37. The summed E-state index contributed by atoms with van der Waals surface area (Å²) < 4.78 is 30.5. The molecule has 2 unspecified atom stereocenters. The van der Waals surface area contributed by atoms with Gasteiger partial charge in [0.05, 0.1) is 19.2 Å². The van der Waals surface area contributed by atoms with Gasteiger partial charge < -0.3 is 10.0 Å². The number of alkyl halides is 2. The van der Waals surface area contributed by atoms with Crippen molar-refractivity contribution in [3.05, 3.63) is 75.8 Å². The van der Waals surface area contributed by atoms with Gasteiger partial charge in [-0.3, -0.25) is 9.48 Å². The summed E-state index contributed by atoms with van der Waals surface area (Å²) in [4.78, 5) is 16.5. The van der Waals surface area contributed by atoms with Crippen LogP contribution in [0.15, 0.2) is 49.2 Å². The largest absolute Gasteiger partial charge is 0.394 e. The highest BCUT2D eigenvalue weighted by molar-refractivity contribution is 7.17. The fourth-order valence-electron chi connectivity index (χ4n) is 4.31. The molecule has 1 amide bonds. The van der Waals surface area contributed by atoms with E-state index in [0.717, 1.165) is 20.9 Å². The summed E-state index contributed by atoms with van der Waals surface area (Å²) in [5.74, 6) is -0.334. The molecule has 3 heterocycles. The van der Waals surface area contributed by atoms with Gasteiger partial charge in [-0.15, -0.1) is 11.3 Å². The van der Waals surface area contributed by atoms with Crippen molar-refractivity contribution in [2.45, 2.75) is 38.0 Å². The molecule has 2 aromatic heterocycles. The summed E-state index contributed by atoms with van der Waals surface area (Å²) in [7, 11) is 1.56. The normalized spacial score (nSPS) is 17.0. The Labute approximate surface area is 197 Å². The standard InChI is InChI=1S/C24H26F2N3O2PS/c1-4-22(31)28-10-19(18-9-15(3)33-21(18)12-28)16-7-5-6-8-17(16)20-11-29(14(2)13-30)27-23(20)24(25,26)32/h4-9,11,14,19,30H,1,10,12-13,32H2,2-3H3/t14?,19-/m0/s1. The fraction of sp³-hybridized carbons (Fsp3) is 0.333. The molecular weight excluding hydrogens is 463 g/mol. The molecule has 3 aromatic rings. The van der Waals surface area contributed by atoms with E-state index in [1.165, 1.54) is 10.8 Å². The Morgan fingerprint density at radius 1 is 1.39 bits per heavy atom. The van der Waals surface area contributed by atoms with Crippen LogP contribution in [0.3, 0.4) is 0 Å². The number of amides is 1. The number of thiophene rings is 1. The first kappa shape index (κ1) is 23.7. The third-order valence-electron chi connectivity index (χ3n) is 5.95. The van der Waals surface area contributed by atoms with Gasteiger partial charge in [-0.25, -0.2) is 0 Å². The van der Waals surface area contributed by atoms with Crippen molar-refractivity contribution in [1.29, 1.82) is 0 Å². The molecule has 1 N–H and O–H groups in total. The highest BCUT2D eigenvalue weighted by Gasteiger charge is 2.36. The maximum absolute atomic E-state index is 14.6. The molecule has 1 aliphatic rings. The van der Waals surface area contributed by atoms with Gasteiger partial charge in [0.1, 0.15) is 5.69 Å². The first-order valence-electron chi connectivity index (χ1n) is 10.6. The fourth-order valence-corrected chi connectivity index (χ4v) is 5.64. The lowest BCUT2D eigenvalue weighted by molar-refractivity contribution is -0.127. The number of aliphatic hydroxyl groups excluding tert-OH is 1. The van der Waals surface area contributed by atoms with Gasteiger partial charge >= 0.3 is 5.66 Å². The molecule has 0 fully saturated rings. The number of nitrogens with zero attached hydrogens (tertiary/aromatic N) is 3. The number of benzene rings is 1. The van der Waals surface area contributed by atoms with E-state index in [0.29, 0.717) is 24.2 Å². The second-order valence-corrected chi connectivity index (χ2v) is 10.4. The van der Waals surface area contributed by atoms with Crippen LogP contribution in [0.2, 0.25) is 0 Å². The third-order valence-corrected chi connectivity index (χ3v) is 7.28. The maximum Gasteiger partial charge on any atom is 0.302 e. The van der Waals surface area contributed by atoms with E-state index in [4.69, 9.17) is 0 Å². The molecule has 3 atom stereocenters. The summed E-state index contributed by atoms with van der Waals surface area (Å²) in [5.41, 5.74) is -0.690. The van der Waals surface area contributed by atoms with Crippen molar-refractivity contribution in [2.24, 2.45) is 0 Å². The Kier molecular flexibility index (Phi) is 6.54. The molecule has 1 aliphatic heterocycles. The lowest BCUT2D eigenvalue weighted by Gasteiger charge is -2.33. The van der Waals surface area contributed by atoms with Gasteiger partial charge in [-0.1, -0.05) is 40.1 Å². The van der Waals surface area contributed by atoms with Gasteiger partial charge in [0.25, 0.3) is 0 Å². The van der Waals surface area contributed by atoms with Crippen molar-refractivity contribution in [1.82, 2.24) is 14.7 Å². The Balaban J connectivity index is 1.89. The highest BCUT2D eigenvalue weighted by Crippen LogP contribution is 2.45. The van der Waals surface area contributed by atoms with E-state index in [1.54, 1.807) is 38.6 Å². The van der Waals surface area contributed by atoms with Crippen LogP contribution >= 0.6 is 20.6 Å². The van der Waals surface area contributed by atoms with Crippen molar-refractivity contribution >= 4 is 26.5 Å².